The molecule has 0 aliphatic heterocycles. The molecular formula is C20H37NO11. The molecule has 0 bridgehead atoms. The van der Waals surface area contributed by atoms with E-state index >= 15 is 0 Å². The molecule has 12 heteroatoms. The molecule has 0 spiro atoms. The number of aliphatic hydroxyl groups excluding tert-OH is 3. The summed E-state index contributed by atoms with van der Waals surface area (Å²) in [7, 11) is 0. The third kappa shape index (κ3) is 14.0. The SMILES string of the molecule is CCCCC(CC)COC(=O)CC(O)(CC(=O)O)C(=O)OC(C)=O.NC(CO)(CO)CO. The lowest BCUT2D eigenvalue weighted by molar-refractivity contribution is -0.181. The third-order valence-electron chi connectivity index (χ3n) is 4.46. The van der Waals surface area contributed by atoms with E-state index in [2.05, 4.69) is 4.74 Å². The van der Waals surface area contributed by atoms with Gasteiger partial charge in [0, 0.05) is 6.92 Å². The van der Waals surface area contributed by atoms with Crippen LogP contribution in [0.3, 0.4) is 0 Å². The van der Waals surface area contributed by atoms with Gasteiger partial charge in [0.05, 0.1) is 44.8 Å². The summed E-state index contributed by atoms with van der Waals surface area (Å²) in [5.74, 6) is -4.77. The van der Waals surface area contributed by atoms with E-state index in [9.17, 15) is 24.3 Å². The van der Waals surface area contributed by atoms with E-state index in [0.717, 1.165) is 32.6 Å². The topological polar surface area (TPSA) is 214 Å². The fourth-order valence-electron chi connectivity index (χ4n) is 2.23. The van der Waals surface area contributed by atoms with Gasteiger partial charge in [-0.15, -0.1) is 0 Å². The standard InChI is InChI=1S/C16H26O8.C4H11NO3/c1-4-6-7-12(5-2)10-23-14(20)9-16(22,8-13(18)19)15(21)24-11(3)17;5-4(1-6,2-7)3-8/h12,22H,4-10H2,1-3H3,(H,18,19);6-8H,1-3,5H2. The minimum Gasteiger partial charge on any atom is -0.481 e. The lowest BCUT2D eigenvalue weighted by atomic mass is 9.95. The second-order valence-electron chi connectivity index (χ2n) is 7.60. The molecule has 2 unspecified atom stereocenters. The van der Waals surface area contributed by atoms with Gasteiger partial charge >= 0.3 is 23.9 Å². The molecular weight excluding hydrogens is 430 g/mol. The lowest BCUT2D eigenvalue weighted by Crippen LogP contribution is -2.50. The van der Waals surface area contributed by atoms with E-state index in [-0.39, 0.29) is 12.5 Å². The number of esters is 3. The highest BCUT2D eigenvalue weighted by atomic mass is 16.6. The van der Waals surface area contributed by atoms with Crippen molar-refractivity contribution >= 4 is 23.9 Å². The fraction of sp³-hybridized carbons (Fsp3) is 0.800. The van der Waals surface area contributed by atoms with E-state index in [4.69, 9.17) is 30.9 Å². The van der Waals surface area contributed by atoms with Crippen molar-refractivity contribution in [1.82, 2.24) is 0 Å². The van der Waals surface area contributed by atoms with E-state index < -0.39 is 67.7 Å². The highest BCUT2D eigenvalue weighted by Crippen LogP contribution is 2.20. The van der Waals surface area contributed by atoms with Gasteiger partial charge in [-0.3, -0.25) is 14.4 Å². The van der Waals surface area contributed by atoms with E-state index in [1.54, 1.807) is 0 Å². The Kier molecular flexibility index (Phi) is 16.5. The first-order chi connectivity index (χ1) is 14.8. The Morgan fingerprint density at radius 2 is 1.53 bits per heavy atom. The molecule has 0 fully saturated rings. The maximum absolute atomic E-state index is 11.9. The molecule has 32 heavy (non-hydrogen) atoms. The minimum atomic E-state index is -2.64. The monoisotopic (exact) mass is 467 g/mol. The first kappa shape index (κ1) is 32.1. The molecule has 0 aliphatic carbocycles. The summed E-state index contributed by atoms with van der Waals surface area (Å²) in [5, 5.41) is 43.9. The number of aliphatic carboxylic acids is 1. The number of nitrogens with two attached hydrogens (primary N) is 1. The smallest absolute Gasteiger partial charge is 0.346 e. The van der Waals surface area contributed by atoms with Crippen molar-refractivity contribution in [3.8, 4) is 0 Å². The Hall–Kier alpha value is -2.12. The Morgan fingerprint density at radius 3 is 1.88 bits per heavy atom. The summed E-state index contributed by atoms with van der Waals surface area (Å²) >= 11 is 0. The zero-order valence-electron chi connectivity index (χ0n) is 18.9. The predicted octanol–water partition coefficient (Wildman–Crippen LogP) is -0.908. The summed E-state index contributed by atoms with van der Waals surface area (Å²) < 4.78 is 9.26. The maximum atomic E-state index is 11.9. The van der Waals surface area contributed by atoms with Gasteiger partial charge in [0.25, 0.3) is 0 Å². The summed E-state index contributed by atoms with van der Waals surface area (Å²) in [6, 6.07) is 0. The van der Waals surface area contributed by atoms with Gasteiger partial charge in [-0.2, -0.15) is 0 Å². The molecule has 7 N–H and O–H groups in total. The number of ether oxygens (including phenoxy) is 2. The highest BCUT2D eigenvalue weighted by molar-refractivity contribution is 5.94. The van der Waals surface area contributed by atoms with Crippen molar-refractivity contribution in [3.05, 3.63) is 0 Å². The Labute approximate surface area is 187 Å². The number of aliphatic hydroxyl groups is 4. The van der Waals surface area contributed by atoms with Gasteiger partial charge in [-0.25, -0.2) is 4.79 Å². The molecule has 0 aliphatic rings. The molecule has 0 amide bonds. The number of carbonyl (C=O) groups is 4. The second kappa shape index (κ2) is 16.5. The number of unbranched alkanes of at least 4 members (excludes halogenated alkanes) is 1. The van der Waals surface area contributed by atoms with Crippen molar-refractivity contribution in [2.24, 2.45) is 11.7 Å². The van der Waals surface area contributed by atoms with Gasteiger partial charge in [-0.1, -0.05) is 33.1 Å². The zero-order valence-corrected chi connectivity index (χ0v) is 18.9. The molecule has 0 aromatic heterocycles. The van der Waals surface area contributed by atoms with E-state index in [1.807, 2.05) is 13.8 Å². The van der Waals surface area contributed by atoms with Crippen molar-refractivity contribution in [2.45, 2.75) is 70.4 Å². The summed E-state index contributed by atoms with van der Waals surface area (Å²) in [4.78, 5) is 45.2. The number of rotatable bonds is 14. The largest absolute Gasteiger partial charge is 0.481 e. The van der Waals surface area contributed by atoms with Crippen LogP contribution in [0.1, 0.15) is 59.3 Å². The Balaban J connectivity index is 0. The van der Waals surface area contributed by atoms with Gasteiger partial charge in [0.2, 0.25) is 0 Å². The molecule has 0 aromatic carbocycles. The first-order valence-electron chi connectivity index (χ1n) is 10.3. The van der Waals surface area contributed by atoms with Gasteiger partial charge in [0.1, 0.15) is 0 Å². The lowest BCUT2D eigenvalue weighted by Gasteiger charge is -2.23. The average Bonchev–Trinajstić information content (AvgIpc) is 2.72. The van der Waals surface area contributed by atoms with Crippen molar-refractivity contribution < 1.29 is 54.2 Å². The molecule has 0 saturated heterocycles. The summed E-state index contributed by atoms with van der Waals surface area (Å²) in [6.45, 7) is 3.85. The van der Waals surface area contributed by atoms with Crippen LogP contribution >= 0.6 is 0 Å². The highest BCUT2D eigenvalue weighted by Gasteiger charge is 2.43. The van der Waals surface area contributed by atoms with Crippen LogP contribution in [0.25, 0.3) is 0 Å². The summed E-state index contributed by atoms with van der Waals surface area (Å²) in [5.41, 5.74) is 1.30. The Morgan fingerprint density at radius 1 is 1.00 bits per heavy atom. The number of carboxylic acids is 1. The van der Waals surface area contributed by atoms with Crippen LogP contribution in [-0.4, -0.2) is 87.0 Å². The number of carbonyl (C=O) groups excluding carboxylic acids is 3. The number of hydrogen-bond acceptors (Lipinski definition) is 11. The average molecular weight is 468 g/mol. The zero-order chi connectivity index (χ0) is 25.4. The third-order valence-corrected chi connectivity index (χ3v) is 4.46. The summed E-state index contributed by atoms with van der Waals surface area (Å²) in [6.07, 6.45) is 1.73. The van der Waals surface area contributed by atoms with Crippen LogP contribution in [0.4, 0.5) is 0 Å². The number of hydrogen-bond donors (Lipinski definition) is 6. The quantitative estimate of drug-likeness (QED) is 0.135. The number of carboxylic acid groups (broad SMARTS) is 1. The van der Waals surface area contributed by atoms with Crippen molar-refractivity contribution in [2.75, 3.05) is 26.4 Å². The van der Waals surface area contributed by atoms with Gasteiger partial charge in [0.15, 0.2) is 5.60 Å². The van der Waals surface area contributed by atoms with Crippen LogP contribution < -0.4 is 5.73 Å². The van der Waals surface area contributed by atoms with Crippen LogP contribution in [0, 0.1) is 5.92 Å². The van der Waals surface area contributed by atoms with Crippen LogP contribution in [-0.2, 0) is 28.7 Å². The van der Waals surface area contributed by atoms with Gasteiger partial charge < -0.3 is 40.7 Å². The van der Waals surface area contributed by atoms with Crippen LogP contribution in [0.5, 0.6) is 0 Å². The van der Waals surface area contributed by atoms with Crippen molar-refractivity contribution in [3.63, 3.8) is 0 Å². The second-order valence-corrected chi connectivity index (χ2v) is 7.60. The molecule has 0 aromatic rings. The molecule has 0 radical (unpaired) electrons. The molecule has 0 heterocycles. The molecule has 12 nitrogen and oxygen atoms in total. The first-order valence-corrected chi connectivity index (χ1v) is 10.3. The van der Waals surface area contributed by atoms with Crippen LogP contribution in [0.15, 0.2) is 0 Å². The van der Waals surface area contributed by atoms with E-state index in [1.165, 1.54) is 0 Å². The predicted molar refractivity (Wildman–Crippen MR) is 111 cm³/mol. The molecule has 0 rings (SSSR count). The molecule has 0 saturated carbocycles. The van der Waals surface area contributed by atoms with Crippen molar-refractivity contribution in [1.29, 1.82) is 0 Å². The van der Waals surface area contributed by atoms with Crippen LogP contribution in [0.2, 0.25) is 0 Å². The fourth-order valence-corrected chi connectivity index (χ4v) is 2.23. The van der Waals surface area contributed by atoms with E-state index in [0.29, 0.717) is 0 Å². The maximum Gasteiger partial charge on any atom is 0.346 e. The Bertz CT molecular complexity index is 584. The van der Waals surface area contributed by atoms with Gasteiger partial charge in [-0.05, 0) is 12.3 Å². The molecule has 2 atom stereocenters. The minimum absolute atomic E-state index is 0.125. The normalized spacial score (nSPS) is 13.8. The molecule has 188 valence electrons.